The van der Waals surface area contributed by atoms with Crippen LogP contribution in [0.25, 0.3) is 27.7 Å². The molecular formula is C23H25N7O. The number of rotatable bonds is 2. The summed E-state index contributed by atoms with van der Waals surface area (Å²) >= 11 is 0. The molecule has 6 rings (SSSR count). The molecular weight excluding hydrogens is 390 g/mol. The molecule has 1 aliphatic carbocycles. The summed E-state index contributed by atoms with van der Waals surface area (Å²) in [4.78, 5) is 18.5. The number of anilines is 1. The minimum absolute atomic E-state index is 0.148. The molecule has 8 heteroatoms. The number of amides is 1. The molecule has 4 aromatic heterocycles. The van der Waals surface area contributed by atoms with Crippen LogP contribution < -0.4 is 4.90 Å². The van der Waals surface area contributed by atoms with Crippen LogP contribution in [0, 0.1) is 17.2 Å². The summed E-state index contributed by atoms with van der Waals surface area (Å²) in [6.45, 7) is 4.54. The summed E-state index contributed by atoms with van der Waals surface area (Å²) in [6.07, 6.45) is 12.1. The Hall–Kier alpha value is -3.73. The number of hydrogen-bond acceptors (Lipinski definition) is 5. The SMILES string of the molecule is C1CC1.CC.N#CC1CCN(c2ccnn3cc(-c4cnc5[nH]ncc5c4)cc23)C1=O. The Bertz CT molecular complexity index is 1250. The topological polar surface area (TPSA) is 103 Å². The molecule has 5 heterocycles. The molecule has 1 atom stereocenters. The van der Waals surface area contributed by atoms with Crippen LogP contribution >= 0.6 is 0 Å². The molecule has 2 fully saturated rings. The van der Waals surface area contributed by atoms with Crippen molar-refractivity contribution in [1.82, 2.24) is 24.8 Å². The maximum atomic E-state index is 12.4. The highest BCUT2D eigenvalue weighted by Gasteiger charge is 2.33. The van der Waals surface area contributed by atoms with Gasteiger partial charge in [0.05, 0.1) is 23.5 Å². The number of nitrogens with zero attached hydrogens (tertiary/aromatic N) is 6. The van der Waals surface area contributed by atoms with Gasteiger partial charge < -0.3 is 4.90 Å². The maximum absolute atomic E-state index is 12.4. The fourth-order valence-electron chi connectivity index (χ4n) is 3.42. The molecule has 31 heavy (non-hydrogen) atoms. The van der Waals surface area contributed by atoms with E-state index in [2.05, 4.69) is 26.3 Å². The number of aromatic nitrogens is 5. The summed E-state index contributed by atoms with van der Waals surface area (Å²) in [7, 11) is 0. The largest absolute Gasteiger partial charge is 0.309 e. The van der Waals surface area contributed by atoms with Crippen LogP contribution in [0.2, 0.25) is 0 Å². The predicted octanol–water partition coefficient (Wildman–Crippen LogP) is 4.35. The minimum atomic E-state index is -0.564. The Labute approximate surface area is 180 Å². The van der Waals surface area contributed by atoms with E-state index in [-0.39, 0.29) is 5.91 Å². The lowest BCUT2D eigenvalue weighted by Crippen LogP contribution is -2.27. The molecule has 0 bridgehead atoms. The van der Waals surface area contributed by atoms with E-state index in [1.165, 1.54) is 19.3 Å². The standard InChI is InChI=1S/C18H13N7O.C3H6.C2H6/c19-7-11-2-4-24(18(11)26)15-1-3-22-25-10-14(6-16(15)25)12-5-13-9-21-23-17(13)20-8-12;1-2-3-1;1-2/h1,3,5-6,8-11H,2,4H2,(H,20,21,23);1-3H2;1-2H3. The lowest BCUT2D eigenvalue weighted by molar-refractivity contribution is -0.118. The van der Waals surface area contributed by atoms with Gasteiger partial charge in [-0.05, 0) is 24.6 Å². The molecule has 1 aliphatic heterocycles. The van der Waals surface area contributed by atoms with E-state index in [4.69, 9.17) is 5.26 Å². The summed E-state index contributed by atoms with van der Waals surface area (Å²) in [5.41, 5.74) is 4.22. The fraction of sp³-hybridized carbons (Fsp3) is 0.348. The van der Waals surface area contributed by atoms with Gasteiger partial charge in [0.25, 0.3) is 0 Å². The normalized spacial score (nSPS) is 17.0. The lowest BCUT2D eigenvalue weighted by atomic mass is 10.1. The van der Waals surface area contributed by atoms with Crippen LogP contribution in [-0.4, -0.2) is 37.2 Å². The van der Waals surface area contributed by atoms with Gasteiger partial charge >= 0.3 is 0 Å². The number of hydrogen-bond donors (Lipinski definition) is 1. The third-order valence-electron chi connectivity index (χ3n) is 5.12. The van der Waals surface area contributed by atoms with Gasteiger partial charge in [-0.3, -0.25) is 9.89 Å². The molecule has 0 aromatic carbocycles. The molecule has 1 amide bonds. The first kappa shape index (κ1) is 20.5. The quantitative estimate of drug-likeness (QED) is 0.524. The molecule has 2 aliphatic rings. The molecule has 1 N–H and O–H groups in total. The van der Waals surface area contributed by atoms with Crippen molar-refractivity contribution in [2.45, 2.75) is 39.5 Å². The second-order valence-electron chi connectivity index (χ2n) is 7.33. The molecule has 1 saturated heterocycles. The second-order valence-corrected chi connectivity index (χ2v) is 7.33. The van der Waals surface area contributed by atoms with Gasteiger partial charge in [-0.1, -0.05) is 33.1 Å². The van der Waals surface area contributed by atoms with Crippen molar-refractivity contribution < 1.29 is 4.79 Å². The Morgan fingerprint density at radius 2 is 1.97 bits per heavy atom. The zero-order valence-corrected chi connectivity index (χ0v) is 17.7. The first-order chi connectivity index (χ1) is 15.2. The van der Waals surface area contributed by atoms with Crippen LogP contribution in [0.3, 0.4) is 0 Å². The molecule has 0 spiro atoms. The number of nitriles is 1. The van der Waals surface area contributed by atoms with E-state index in [9.17, 15) is 4.79 Å². The maximum Gasteiger partial charge on any atom is 0.244 e. The van der Waals surface area contributed by atoms with Crippen LogP contribution in [0.4, 0.5) is 5.69 Å². The van der Waals surface area contributed by atoms with Crippen molar-refractivity contribution in [2.75, 3.05) is 11.4 Å². The first-order valence-corrected chi connectivity index (χ1v) is 10.7. The zero-order chi connectivity index (χ0) is 21.8. The highest BCUT2D eigenvalue weighted by Crippen LogP contribution is 2.32. The van der Waals surface area contributed by atoms with Crippen LogP contribution in [0.1, 0.15) is 39.5 Å². The van der Waals surface area contributed by atoms with Crippen molar-refractivity contribution in [3.63, 3.8) is 0 Å². The Balaban J connectivity index is 0.000000418. The van der Waals surface area contributed by atoms with E-state index in [0.29, 0.717) is 13.0 Å². The lowest BCUT2D eigenvalue weighted by Gasteiger charge is -2.16. The van der Waals surface area contributed by atoms with Gasteiger partial charge in [-0.25, -0.2) is 9.50 Å². The van der Waals surface area contributed by atoms with Crippen LogP contribution in [0.5, 0.6) is 0 Å². The van der Waals surface area contributed by atoms with E-state index in [1.54, 1.807) is 28.0 Å². The van der Waals surface area contributed by atoms with Gasteiger partial charge in [-0.2, -0.15) is 15.5 Å². The monoisotopic (exact) mass is 415 g/mol. The molecule has 4 aromatic rings. The summed E-state index contributed by atoms with van der Waals surface area (Å²) in [5, 5.41) is 21.2. The molecule has 0 radical (unpaired) electrons. The molecule has 158 valence electrons. The van der Waals surface area contributed by atoms with E-state index >= 15 is 0 Å². The summed E-state index contributed by atoms with van der Waals surface area (Å²) in [5.74, 6) is -0.713. The summed E-state index contributed by atoms with van der Waals surface area (Å²) < 4.78 is 1.75. The third kappa shape index (κ3) is 4.12. The van der Waals surface area contributed by atoms with Crippen molar-refractivity contribution in [1.29, 1.82) is 5.26 Å². The third-order valence-corrected chi connectivity index (χ3v) is 5.12. The fourth-order valence-corrected chi connectivity index (χ4v) is 3.42. The van der Waals surface area contributed by atoms with Gasteiger partial charge in [0.2, 0.25) is 5.91 Å². The average Bonchev–Trinajstić information content (AvgIpc) is 3.37. The van der Waals surface area contributed by atoms with Crippen molar-refractivity contribution in [3.8, 4) is 17.2 Å². The first-order valence-electron chi connectivity index (χ1n) is 10.7. The highest BCUT2D eigenvalue weighted by atomic mass is 16.2. The minimum Gasteiger partial charge on any atom is -0.309 e. The number of pyridine rings is 1. The van der Waals surface area contributed by atoms with E-state index < -0.39 is 5.92 Å². The number of carbonyl (C=O) groups excluding carboxylic acids is 1. The smallest absolute Gasteiger partial charge is 0.244 e. The van der Waals surface area contributed by atoms with Gasteiger partial charge in [0.1, 0.15) is 5.92 Å². The number of fused-ring (bicyclic) bond motifs is 2. The Morgan fingerprint density at radius 3 is 2.68 bits per heavy atom. The van der Waals surface area contributed by atoms with Crippen molar-refractivity contribution >= 4 is 28.1 Å². The summed E-state index contributed by atoms with van der Waals surface area (Å²) in [6, 6.07) is 7.88. The number of aromatic amines is 1. The van der Waals surface area contributed by atoms with Crippen molar-refractivity contribution in [3.05, 3.63) is 43.0 Å². The highest BCUT2D eigenvalue weighted by molar-refractivity contribution is 6.02. The number of H-pyrrole nitrogens is 1. The number of carbonyl (C=O) groups is 1. The van der Waals surface area contributed by atoms with Crippen LogP contribution in [-0.2, 0) is 4.79 Å². The molecule has 8 nitrogen and oxygen atoms in total. The molecule has 1 saturated carbocycles. The van der Waals surface area contributed by atoms with Gasteiger partial charge in [0.15, 0.2) is 5.65 Å². The van der Waals surface area contributed by atoms with Gasteiger partial charge in [-0.15, -0.1) is 0 Å². The predicted molar refractivity (Wildman–Crippen MR) is 119 cm³/mol. The van der Waals surface area contributed by atoms with Crippen molar-refractivity contribution in [2.24, 2.45) is 5.92 Å². The zero-order valence-electron chi connectivity index (χ0n) is 17.7. The van der Waals surface area contributed by atoms with E-state index in [1.807, 2.05) is 38.2 Å². The Kier molecular flexibility index (Phi) is 5.94. The average molecular weight is 416 g/mol. The van der Waals surface area contributed by atoms with Gasteiger partial charge in [0, 0.05) is 41.6 Å². The van der Waals surface area contributed by atoms with E-state index in [0.717, 1.165) is 33.4 Å². The number of nitrogens with one attached hydrogen (secondary N) is 1. The van der Waals surface area contributed by atoms with Crippen LogP contribution in [0.15, 0.2) is 43.0 Å². The molecule has 1 unspecified atom stereocenters. The second kappa shape index (κ2) is 8.96. The Morgan fingerprint density at radius 1 is 1.16 bits per heavy atom.